The first-order valence-electron chi connectivity index (χ1n) is 12.8. The molecule has 0 fully saturated rings. The Hall–Kier alpha value is -3.43. The molecule has 1 atom stereocenters. The first kappa shape index (κ1) is 31.1. The van der Waals surface area contributed by atoms with Gasteiger partial charge in [0, 0.05) is 23.5 Å². The van der Waals surface area contributed by atoms with Gasteiger partial charge in [-0.25, -0.2) is 12.8 Å². The fourth-order valence-corrected chi connectivity index (χ4v) is 5.32. The van der Waals surface area contributed by atoms with Crippen molar-refractivity contribution in [2.75, 3.05) is 17.1 Å². The van der Waals surface area contributed by atoms with Crippen LogP contribution in [0.4, 0.5) is 10.1 Å². The largest absolute Gasteiger partial charge is 0.350 e. The summed E-state index contributed by atoms with van der Waals surface area (Å²) in [5.74, 6) is -1.43. The molecule has 0 bridgehead atoms. The Morgan fingerprint density at radius 3 is 2.15 bits per heavy atom. The number of hydrogen-bond acceptors (Lipinski definition) is 4. The molecule has 3 aromatic rings. The van der Waals surface area contributed by atoms with Gasteiger partial charge in [0.15, 0.2) is 0 Å². The van der Waals surface area contributed by atoms with Crippen molar-refractivity contribution in [3.63, 3.8) is 0 Å². The fourth-order valence-electron chi connectivity index (χ4n) is 4.25. The van der Waals surface area contributed by atoms with Crippen molar-refractivity contribution in [1.29, 1.82) is 0 Å². The molecule has 3 rings (SSSR count). The zero-order chi connectivity index (χ0) is 29.7. The van der Waals surface area contributed by atoms with Gasteiger partial charge in [0.1, 0.15) is 18.4 Å². The standard InChI is InChI=1S/C30H35ClFN3O4S/c1-21-25(31)12-9-13-26(21)35(40(5,38)39)20-28(36)34(19-23-14-16-24(32)17-15-23)27(29(37)33-30(2,3)4)18-22-10-7-6-8-11-22/h6-17,27H,18-20H2,1-5H3,(H,33,37). The summed E-state index contributed by atoms with van der Waals surface area (Å²) in [5.41, 5.74) is 1.58. The Labute approximate surface area is 241 Å². The molecule has 0 aliphatic carbocycles. The summed E-state index contributed by atoms with van der Waals surface area (Å²) >= 11 is 6.27. The van der Waals surface area contributed by atoms with E-state index < -0.39 is 45.8 Å². The number of carbonyl (C=O) groups excluding carboxylic acids is 2. The number of halogens is 2. The summed E-state index contributed by atoms with van der Waals surface area (Å²) in [7, 11) is -3.92. The van der Waals surface area contributed by atoms with Crippen molar-refractivity contribution in [3.05, 3.63) is 100 Å². The molecule has 2 amide bonds. The Morgan fingerprint density at radius 2 is 1.57 bits per heavy atom. The van der Waals surface area contributed by atoms with Crippen LogP contribution in [0.2, 0.25) is 5.02 Å². The van der Waals surface area contributed by atoms with Gasteiger partial charge in [0.2, 0.25) is 21.8 Å². The molecule has 0 aliphatic heterocycles. The lowest BCUT2D eigenvalue weighted by Gasteiger charge is -2.35. The quantitative estimate of drug-likeness (QED) is 0.357. The highest BCUT2D eigenvalue weighted by Gasteiger charge is 2.34. The zero-order valence-electron chi connectivity index (χ0n) is 23.3. The molecule has 1 N–H and O–H groups in total. The topological polar surface area (TPSA) is 86.8 Å². The molecule has 0 aliphatic rings. The van der Waals surface area contributed by atoms with E-state index in [1.165, 1.54) is 29.2 Å². The van der Waals surface area contributed by atoms with Gasteiger partial charge in [-0.15, -0.1) is 0 Å². The van der Waals surface area contributed by atoms with E-state index in [1.54, 1.807) is 25.1 Å². The first-order valence-corrected chi connectivity index (χ1v) is 15.0. The van der Waals surface area contributed by atoms with Crippen LogP contribution in [0, 0.1) is 12.7 Å². The highest BCUT2D eigenvalue weighted by Crippen LogP contribution is 2.28. The van der Waals surface area contributed by atoms with Crippen molar-refractivity contribution in [3.8, 4) is 0 Å². The second-order valence-corrected chi connectivity index (χ2v) is 13.1. The van der Waals surface area contributed by atoms with Crippen LogP contribution in [0.15, 0.2) is 72.8 Å². The van der Waals surface area contributed by atoms with Gasteiger partial charge in [-0.05, 0) is 68.7 Å². The molecule has 1 unspecified atom stereocenters. The van der Waals surface area contributed by atoms with Crippen LogP contribution in [0.1, 0.15) is 37.5 Å². The number of nitrogens with zero attached hydrogens (tertiary/aromatic N) is 2. The van der Waals surface area contributed by atoms with Crippen molar-refractivity contribution >= 4 is 39.1 Å². The SMILES string of the molecule is Cc1c(Cl)cccc1N(CC(=O)N(Cc1ccc(F)cc1)C(Cc1ccccc1)C(=O)NC(C)(C)C)S(C)(=O)=O. The van der Waals surface area contributed by atoms with Crippen LogP contribution < -0.4 is 9.62 Å². The summed E-state index contributed by atoms with van der Waals surface area (Å²) in [6.45, 7) is 6.58. The summed E-state index contributed by atoms with van der Waals surface area (Å²) in [4.78, 5) is 29.1. The maximum atomic E-state index is 14.1. The number of nitrogens with one attached hydrogen (secondary N) is 1. The molecule has 0 saturated heterocycles. The minimum atomic E-state index is -3.92. The number of hydrogen-bond donors (Lipinski definition) is 1. The summed E-state index contributed by atoms with van der Waals surface area (Å²) in [5, 5.41) is 3.31. The molecular formula is C30H35ClFN3O4S. The highest BCUT2D eigenvalue weighted by atomic mass is 35.5. The third-order valence-corrected chi connectivity index (χ3v) is 7.76. The van der Waals surface area contributed by atoms with E-state index in [-0.39, 0.29) is 18.7 Å². The summed E-state index contributed by atoms with van der Waals surface area (Å²) < 4.78 is 40.5. The second-order valence-electron chi connectivity index (χ2n) is 10.7. The maximum absolute atomic E-state index is 14.1. The molecular weight excluding hydrogens is 553 g/mol. The van der Waals surface area contributed by atoms with Gasteiger partial charge in [-0.2, -0.15) is 0 Å². The predicted octanol–water partition coefficient (Wildman–Crippen LogP) is 5.11. The third-order valence-electron chi connectivity index (χ3n) is 6.22. The number of sulfonamides is 1. The molecule has 214 valence electrons. The third kappa shape index (κ3) is 8.53. The van der Waals surface area contributed by atoms with Crippen LogP contribution in [0.25, 0.3) is 0 Å². The molecule has 0 radical (unpaired) electrons. The van der Waals surface area contributed by atoms with E-state index >= 15 is 0 Å². The van der Waals surface area contributed by atoms with Gasteiger partial charge in [-0.3, -0.25) is 13.9 Å². The molecule has 0 heterocycles. The van der Waals surface area contributed by atoms with Crippen LogP contribution in [0.3, 0.4) is 0 Å². The van der Waals surface area contributed by atoms with Crippen molar-refractivity contribution in [1.82, 2.24) is 10.2 Å². The molecule has 0 saturated carbocycles. The molecule has 10 heteroatoms. The maximum Gasteiger partial charge on any atom is 0.244 e. The normalized spacial score (nSPS) is 12.5. The van der Waals surface area contributed by atoms with Gasteiger partial charge >= 0.3 is 0 Å². The fraction of sp³-hybridized carbons (Fsp3) is 0.333. The predicted molar refractivity (Wildman–Crippen MR) is 157 cm³/mol. The average molecular weight is 588 g/mol. The van der Waals surface area contributed by atoms with Crippen LogP contribution in [-0.2, 0) is 32.6 Å². The Bertz CT molecular complexity index is 1440. The first-order chi connectivity index (χ1) is 18.7. The molecule has 0 aromatic heterocycles. The van der Waals surface area contributed by atoms with Crippen LogP contribution in [-0.4, -0.2) is 49.5 Å². The lowest BCUT2D eigenvalue weighted by Crippen LogP contribution is -2.56. The number of carbonyl (C=O) groups is 2. The van der Waals surface area contributed by atoms with Crippen LogP contribution >= 0.6 is 11.6 Å². The van der Waals surface area contributed by atoms with E-state index in [0.717, 1.165) is 16.1 Å². The lowest BCUT2D eigenvalue weighted by atomic mass is 10.0. The smallest absolute Gasteiger partial charge is 0.244 e. The highest BCUT2D eigenvalue weighted by molar-refractivity contribution is 7.92. The Morgan fingerprint density at radius 1 is 0.950 bits per heavy atom. The average Bonchev–Trinajstić information content (AvgIpc) is 2.86. The van der Waals surface area contributed by atoms with Gasteiger partial charge in [0.05, 0.1) is 11.9 Å². The molecule has 3 aromatic carbocycles. The van der Waals surface area contributed by atoms with Crippen molar-refractivity contribution in [2.24, 2.45) is 0 Å². The minimum absolute atomic E-state index is 0.0414. The van der Waals surface area contributed by atoms with E-state index in [0.29, 0.717) is 16.1 Å². The van der Waals surface area contributed by atoms with E-state index in [9.17, 15) is 22.4 Å². The number of benzene rings is 3. The number of amides is 2. The van der Waals surface area contributed by atoms with Crippen molar-refractivity contribution in [2.45, 2.75) is 52.2 Å². The second kappa shape index (κ2) is 12.8. The van der Waals surface area contributed by atoms with E-state index in [2.05, 4.69) is 5.32 Å². The van der Waals surface area contributed by atoms with E-state index in [1.807, 2.05) is 51.1 Å². The number of anilines is 1. The van der Waals surface area contributed by atoms with Gasteiger partial charge in [0.25, 0.3) is 0 Å². The molecule has 0 spiro atoms. The molecule has 7 nitrogen and oxygen atoms in total. The molecule has 40 heavy (non-hydrogen) atoms. The minimum Gasteiger partial charge on any atom is -0.350 e. The number of rotatable bonds is 10. The Balaban J connectivity index is 2.09. The van der Waals surface area contributed by atoms with Gasteiger partial charge in [-0.1, -0.05) is 60.1 Å². The zero-order valence-corrected chi connectivity index (χ0v) is 24.9. The van der Waals surface area contributed by atoms with Crippen molar-refractivity contribution < 1.29 is 22.4 Å². The monoisotopic (exact) mass is 587 g/mol. The summed E-state index contributed by atoms with van der Waals surface area (Å²) in [6.07, 6.45) is 1.20. The summed E-state index contributed by atoms with van der Waals surface area (Å²) in [6, 6.07) is 18.7. The lowest BCUT2D eigenvalue weighted by molar-refractivity contribution is -0.140. The van der Waals surface area contributed by atoms with E-state index in [4.69, 9.17) is 11.6 Å². The van der Waals surface area contributed by atoms with Crippen LogP contribution in [0.5, 0.6) is 0 Å². The van der Waals surface area contributed by atoms with Gasteiger partial charge < -0.3 is 10.2 Å². The Kier molecular flexibility index (Phi) is 9.97.